The molecule has 1 aliphatic heterocycles. The minimum Gasteiger partial charge on any atom is -0.394 e. The van der Waals surface area contributed by atoms with Crippen molar-refractivity contribution in [3.05, 3.63) is 24.0 Å². The zero-order valence-electron chi connectivity index (χ0n) is 10.5. The summed E-state index contributed by atoms with van der Waals surface area (Å²) in [5.74, 6) is 0.535. The molecule has 3 atom stereocenters. The third kappa shape index (κ3) is 2.42. The molecule has 4 nitrogen and oxygen atoms in total. The Labute approximate surface area is 102 Å². The summed E-state index contributed by atoms with van der Waals surface area (Å²) in [6.07, 6.45) is 2.99. The molecule has 1 saturated heterocycles. The van der Waals surface area contributed by atoms with Crippen LogP contribution in [0.25, 0.3) is 0 Å². The third-order valence-electron chi connectivity index (χ3n) is 3.64. The van der Waals surface area contributed by atoms with E-state index in [0.29, 0.717) is 5.92 Å². The van der Waals surface area contributed by atoms with Crippen molar-refractivity contribution in [2.75, 3.05) is 18.1 Å². The summed E-state index contributed by atoms with van der Waals surface area (Å²) >= 11 is 0. The SMILES string of the molecule is CC1CCN(c2ccc([C@@H](C)N)nc2)C1CO. The van der Waals surface area contributed by atoms with Gasteiger partial charge >= 0.3 is 0 Å². The smallest absolute Gasteiger partial charge is 0.0637 e. The van der Waals surface area contributed by atoms with Gasteiger partial charge in [0.05, 0.1) is 30.2 Å². The van der Waals surface area contributed by atoms with Crippen molar-refractivity contribution in [2.45, 2.75) is 32.4 Å². The molecule has 0 aromatic carbocycles. The zero-order chi connectivity index (χ0) is 12.4. The van der Waals surface area contributed by atoms with E-state index < -0.39 is 0 Å². The van der Waals surface area contributed by atoms with E-state index in [2.05, 4.69) is 16.8 Å². The monoisotopic (exact) mass is 235 g/mol. The second-order valence-electron chi connectivity index (χ2n) is 4.94. The lowest BCUT2D eigenvalue weighted by atomic mass is 10.0. The van der Waals surface area contributed by atoms with Gasteiger partial charge in [-0.25, -0.2) is 0 Å². The van der Waals surface area contributed by atoms with Gasteiger partial charge in [0.15, 0.2) is 0 Å². The number of hydrogen-bond donors (Lipinski definition) is 2. The first kappa shape index (κ1) is 12.3. The summed E-state index contributed by atoms with van der Waals surface area (Å²) in [5, 5.41) is 9.43. The number of hydrogen-bond acceptors (Lipinski definition) is 4. The van der Waals surface area contributed by atoms with Crippen LogP contribution in [0.5, 0.6) is 0 Å². The van der Waals surface area contributed by atoms with Gasteiger partial charge in [0.25, 0.3) is 0 Å². The molecular formula is C13H21N3O. The average molecular weight is 235 g/mol. The van der Waals surface area contributed by atoms with Gasteiger partial charge in [-0.15, -0.1) is 0 Å². The third-order valence-corrected chi connectivity index (χ3v) is 3.64. The van der Waals surface area contributed by atoms with Gasteiger partial charge in [-0.2, -0.15) is 0 Å². The van der Waals surface area contributed by atoms with Crippen LogP contribution in [-0.4, -0.2) is 29.3 Å². The molecule has 2 heterocycles. The highest BCUT2D eigenvalue weighted by atomic mass is 16.3. The number of anilines is 1. The van der Waals surface area contributed by atoms with Crippen molar-refractivity contribution in [1.82, 2.24) is 4.98 Å². The summed E-state index contributed by atoms with van der Waals surface area (Å²) in [4.78, 5) is 6.61. The molecule has 0 bridgehead atoms. The predicted molar refractivity (Wildman–Crippen MR) is 68.8 cm³/mol. The lowest BCUT2D eigenvalue weighted by Crippen LogP contribution is -2.35. The fraction of sp³-hybridized carbons (Fsp3) is 0.615. The summed E-state index contributed by atoms with van der Waals surface area (Å²) in [5.41, 5.74) is 7.76. The molecule has 94 valence electrons. The minimum atomic E-state index is -0.0322. The maximum Gasteiger partial charge on any atom is 0.0637 e. The van der Waals surface area contributed by atoms with Gasteiger partial charge in [-0.3, -0.25) is 4.98 Å². The van der Waals surface area contributed by atoms with Crippen molar-refractivity contribution in [1.29, 1.82) is 0 Å². The van der Waals surface area contributed by atoms with E-state index in [-0.39, 0.29) is 18.7 Å². The first-order chi connectivity index (χ1) is 8.13. The first-order valence-corrected chi connectivity index (χ1v) is 6.22. The lowest BCUT2D eigenvalue weighted by Gasteiger charge is -2.27. The molecule has 0 aliphatic carbocycles. The van der Waals surface area contributed by atoms with E-state index in [9.17, 15) is 5.11 Å². The summed E-state index contributed by atoms with van der Waals surface area (Å²) in [7, 11) is 0. The van der Waals surface area contributed by atoms with Gasteiger partial charge in [-0.05, 0) is 31.4 Å². The molecule has 2 rings (SSSR count). The Hall–Kier alpha value is -1.13. The fourth-order valence-corrected chi connectivity index (χ4v) is 2.44. The quantitative estimate of drug-likeness (QED) is 0.829. The molecule has 0 radical (unpaired) electrons. The number of aromatic nitrogens is 1. The molecule has 2 unspecified atom stereocenters. The van der Waals surface area contributed by atoms with Crippen LogP contribution in [0.4, 0.5) is 5.69 Å². The topological polar surface area (TPSA) is 62.4 Å². The minimum absolute atomic E-state index is 0.0322. The number of aliphatic hydroxyl groups excluding tert-OH is 1. The highest BCUT2D eigenvalue weighted by molar-refractivity contribution is 5.47. The van der Waals surface area contributed by atoms with Crippen molar-refractivity contribution in [3.8, 4) is 0 Å². The lowest BCUT2D eigenvalue weighted by molar-refractivity contribution is 0.244. The van der Waals surface area contributed by atoms with Crippen LogP contribution in [0.15, 0.2) is 18.3 Å². The normalized spacial score (nSPS) is 26.2. The van der Waals surface area contributed by atoms with Crippen LogP contribution in [-0.2, 0) is 0 Å². The van der Waals surface area contributed by atoms with E-state index in [1.165, 1.54) is 0 Å². The van der Waals surface area contributed by atoms with Crippen LogP contribution in [0.2, 0.25) is 0 Å². The Morgan fingerprint density at radius 3 is 2.88 bits per heavy atom. The Bertz CT molecular complexity index is 363. The molecule has 3 N–H and O–H groups in total. The Balaban J connectivity index is 2.17. The van der Waals surface area contributed by atoms with Crippen molar-refractivity contribution in [3.63, 3.8) is 0 Å². The Kier molecular flexibility index (Phi) is 3.64. The first-order valence-electron chi connectivity index (χ1n) is 6.22. The highest BCUT2D eigenvalue weighted by Crippen LogP contribution is 2.29. The van der Waals surface area contributed by atoms with Gasteiger partial charge in [0.1, 0.15) is 0 Å². The maximum absolute atomic E-state index is 9.43. The van der Waals surface area contributed by atoms with Gasteiger partial charge in [0.2, 0.25) is 0 Å². The van der Waals surface area contributed by atoms with Crippen LogP contribution in [0.3, 0.4) is 0 Å². The largest absolute Gasteiger partial charge is 0.394 e. The summed E-state index contributed by atoms with van der Waals surface area (Å²) < 4.78 is 0. The van der Waals surface area contributed by atoms with E-state index >= 15 is 0 Å². The second kappa shape index (κ2) is 5.02. The molecule has 1 fully saturated rings. The summed E-state index contributed by atoms with van der Waals surface area (Å²) in [6, 6.07) is 4.21. The number of nitrogens with zero attached hydrogens (tertiary/aromatic N) is 2. The van der Waals surface area contributed by atoms with Crippen LogP contribution in [0.1, 0.15) is 32.0 Å². The van der Waals surface area contributed by atoms with Gasteiger partial charge < -0.3 is 15.7 Å². The highest BCUT2D eigenvalue weighted by Gasteiger charge is 2.30. The molecule has 1 aliphatic rings. The van der Waals surface area contributed by atoms with Crippen molar-refractivity contribution < 1.29 is 5.11 Å². The van der Waals surface area contributed by atoms with Gasteiger partial charge in [0, 0.05) is 12.6 Å². The van der Waals surface area contributed by atoms with Crippen LogP contribution in [0, 0.1) is 5.92 Å². The van der Waals surface area contributed by atoms with Crippen LogP contribution < -0.4 is 10.6 Å². The van der Waals surface area contributed by atoms with Crippen molar-refractivity contribution >= 4 is 5.69 Å². The predicted octanol–water partition coefficient (Wildman–Crippen LogP) is 1.31. The Morgan fingerprint density at radius 2 is 2.35 bits per heavy atom. The molecule has 0 saturated carbocycles. The number of aliphatic hydroxyl groups is 1. The van der Waals surface area contributed by atoms with Gasteiger partial charge in [-0.1, -0.05) is 6.92 Å². The number of pyridine rings is 1. The standard InChI is InChI=1S/C13H21N3O/c1-9-5-6-16(13(9)8-17)11-3-4-12(10(2)14)15-7-11/h3-4,7,9-10,13,17H,5-6,8,14H2,1-2H3/t9?,10-,13?/m1/s1. The summed E-state index contributed by atoms with van der Waals surface area (Å²) in [6.45, 7) is 5.31. The zero-order valence-corrected chi connectivity index (χ0v) is 10.5. The fourth-order valence-electron chi connectivity index (χ4n) is 2.44. The molecule has 17 heavy (non-hydrogen) atoms. The van der Waals surface area contributed by atoms with Crippen LogP contribution >= 0.6 is 0 Å². The average Bonchev–Trinajstić information content (AvgIpc) is 2.70. The molecule has 0 spiro atoms. The maximum atomic E-state index is 9.43. The molecule has 0 amide bonds. The van der Waals surface area contributed by atoms with E-state index in [4.69, 9.17) is 5.73 Å². The molecule has 1 aromatic rings. The molecule has 4 heteroatoms. The van der Waals surface area contributed by atoms with Crippen molar-refractivity contribution in [2.24, 2.45) is 11.7 Å². The van der Waals surface area contributed by atoms with E-state index in [1.54, 1.807) is 0 Å². The Morgan fingerprint density at radius 1 is 1.59 bits per heavy atom. The number of nitrogens with two attached hydrogens (primary N) is 1. The number of rotatable bonds is 3. The molecule has 1 aromatic heterocycles. The van der Waals surface area contributed by atoms with E-state index in [1.807, 2.05) is 25.3 Å². The van der Waals surface area contributed by atoms with E-state index in [0.717, 1.165) is 24.3 Å². The second-order valence-corrected chi connectivity index (χ2v) is 4.94. The molecular weight excluding hydrogens is 214 g/mol.